The normalized spacial score (nSPS) is 20.1. The smallest absolute Gasteiger partial charge is 0.201 e. The molecule has 0 bridgehead atoms. The first-order valence-corrected chi connectivity index (χ1v) is 10.4. The van der Waals surface area contributed by atoms with Gasteiger partial charge in [0.1, 0.15) is 0 Å². The molecule has 2 nitrogen and oxygen atoms in total. The van der Waals surface area contributed by atoms with Crippen LogP contribution in [0.15, 0.2) is 89.4 Å². The van der Waals surface area contributed by atoms with Crippen molar-refractivity contribution in [2.24, 2.45) is 5.92 Å². The molecule has 2 aromatic carbocycles. The summed E-state index contributed by atoms with van der Waals surface area (Å²) in [5.74, 6) is 0.538. The van der Waals surface area contributed by atoms with Crippen LogP contribution >= 0.6 is 7.92 Å². The molecule has 131 valence electrons. The second-order valence-corrected chi connectivity index (χ2v) is 9.06. The van der Waals surface area contributed by atoms with E-state index < -0.39 is 7.92 Å². The van der Waals surface area contributed by atoms with E-state index in [1.165, 1.54) is 15.9 Å². The van der Waals surface area contributed by atoms with Gasteiger partial charge < -0.3 is 4.74 Å². The van der Waals surface area contributed by atoms with Crippen LogP contribution in [0.5, 0.6) is 0 Å². The van der Waals surface area contributed by atoms with Gasteiger partial charge in [-0.25, -0.2) is 0 Å². The van der Waals surface area contributed by atoms with E-state index in [4.69, 9.17) is 4.74 Å². The van der Waals surface area contributed by atoms with Crippen LogP contribution in [0.3, 0.4) is 0 Å². The van der Waals surface area contributed by atoms with Crippen molar-refractivity contribution in [1.82, 2.24) is 5.32 Å². The first-order chi connectivity index (χ1) is 12.7. The van der Waals surface area contributed by atoms with E-state index in [0.717, 1.165) is 18.4 Å². The van der Waals surface area contributed by atoms with Crippen molar-refractivity contribution in [3.05, 3.63) is 95.7 Å². The van der Waals surface area contributed by atoms with Crippen LogP contribution in [-0.2, 0) is 4.74 Å². The molecule has 1 N–H and O–H groups in total. The van der Waals surface area contributed by atoms with Crippen molar-refractivity contribution in [2.45, 2.75) is 19.9 Å². The molecule has 1 saturated heterocycles. The summed E-state index contributed by atoms with van der Waals surface area (Å²) in [5.41, 5.74) is 4.49. The fourth-order valence-electron chi connectivity index (χ4n) is 3.24. The van der Waals surface area contributed by atoms with E-state index in [-0.39, 0.29) is 0 Å². The third-order valence-corrected chi connectivity index (χ3v) is 7.23. The van der Waals surface area contributed by atoms with Crippen molar-refractivity contribution in [1.29, 1.82) is 0 Å². The quantitative estimate of drug-likeness (QED) is 0.636. The van der Waals surface area contributed by atoms with E-state index in [9.17, 15) is 0 Å². The van der Waals surface area contributed by atoms with E-state index in [2.05, 4.69) is 91.6 Å². The van der Waals surface area contributed by atoms with Gasteiger partial charge in [0, 0.05) is 11.4 Å². The van der Waals surface area contributed by atoms with E-state index >= 15 is 0 Å². The summed E-state index contributed by atoms with van der Waals surface area (Å²) in [6, 6.07) is 21.9. The molecule has 2 aromatic rings. The molecule has 1 fully saturated rings. The lowest BCUT2D eigenvalue weighted by atomic mass is 10.1. The highest BCUT2D eigenvalue weighted by Crippen LogP contribution is 2.50. The Balaban J connectivity index is 1.68. The number of ether oxygens (including phenoxy) is 1. The van der Waals surface area contributed by atoms with Crippen LogP contribution in [0, 0.1) is 12.1 Å². The minimum atomic E-state index is -0.648. The predicted molar refractivity (Wildman–Crippen MR) is 110 cm³/mol. The summed E-state index contributed by atoms with van der Waals surface area (Å²) in [6.07, 6.45) is 5.09. The maximum Gasteiger partial charge on any atom is 0.201 e. The first kappa shape index (κ1) is 17.5. The maximum atomic E-state index is 6.02. The fraction of sp³-hybridized carbons (Fsp3) is 0.217. The van der Waals surface area contributed by atoms with Crippen LogP contribution in [0.1, 0.15) is 13.8 Å². The summed E-state index contributed by atoms with van der Waals surface area (Å²) in [7, 11) is -0.648. The fourth-order valence-corrected chi connectivity index (χ4v) is 5.65. The predicted octanol–water partition coefficient (Wildman–Crippen LogP) is 4.23. The standard InChI is InChI=1S/C23H23NOP/c1-17(2)21-16-25-23(24-21)20-14-9-15-22(20)26(18-10-5-3-6-11-18)19-12-7-4-8-13-19/h3-13,15,17,21,24H,16H2,1-2H3/t21-/m0/s1. The second kappa shape index (κ2) is 7.74. The highest BCUT2D eigenvalue weighted by Gasteiger charge is 2.35. The molecule has 0 amide bonds. The average Bonchev–Trinajstić information content (AvgIpc) is 3.33. The average molecular weight is 360 g/mol. The molecule has 1 aliphatic carbocycles. The largest absolute Gasteiger partial charge is 0.349 e. The lowest BCUT2D eigenvalue weighted by Crippen LogP contribution is -2.31. The second-order valence-electron chi connectivity index (χ2n) is 6.88. The van der Waals surface area contributed by atoms with Gasteiger partial charge in [0.15, 0.2) is 0 Å². The Bertz CT molecular complexity index is 811. The number of nitrogens with one attached hydrogen (secondary N) is 1. The van der Waals surface area contributed by atoms with Gasteiger partial charge in [0.05, 0.1) is 12.2 Å². The third kappa shape index (κ3) is 3.47. The Morgan fingerprint density at radius 2 is 1.62 bits per heavy atom. The highest BCUT2D eigenvalue weighted by atomic mass is 31.1. The minimum absolute atomic E-state index is 0.362. The molecular weight excluding hydrogens is 337 g/mol. The zero-order valence-corrected chi connectivity index (χ0v) is 16.0. The Hall–Kier alpha value is -1.95. The van der Waals surface area contributed by atoms with Crippen LogP contribution in [0.25, 0.3) is 0 Å². The Morgan fingerprint density at radius 1 is 1.00 bits per heavy atom. The van der Waals surface area contributed by atoms with Crippen LogP contribution < -0.4 is 15.9 Å². The van der Waals surface area contributed by atoms with Gasteiger partial charge in [-0.3, -0.25) is 5.32 Å². The van der Waals surface area contributed by atoms with Gasteiger partial charge >= 0.3 is 0 Å². The van der Waals surface area contributed by atoms with Gasteiger partial charge in [-0.1, -0.05) is 74.5 Å². The number of rotatable bonds is 5. The summed E-state index contributed by atoms with van der Waals surface area (Å²) < 4.78 is 6.02. The number of benzene rings is 2. The van der Waals surface area contributed by atoms with Gasteiger partial charge in [-0.2, -0.15) is 0 Å². The molecule has 1 radical (unpaired) electrons. The van der Waals surface area contributed by atoms with Crippen molar-refractivity contribution >= 4 is 18.5 Å². The molecule has 3 heteroatoms. The van der Waals surface area contributed by atoms with Crippen molar-refractivity contribution in [2.75, 3.05) is 6.61 Å². The lowest BCUT2D eigenvalue weighted by molar-refractivity contribution is 0.202. The van der Waals surface area contributed by atoms with Gasteiger partial charge in [-0.05, 0) is 36.6 Å². The molecule has 0 unspecified atom stereocenters. The summed E-state index contributed by atoms with van der Waals surface area (Å²) >= 11 is 0. The molecular formula is C23H23NOP. The third-order valence-electron chi connectivity index (χ3n) is 4.75. The van der Waals surface area contributed by atoms with E-state index in [1.807, 2.05) is 6.08 Å². The number of allylic oxidation sites excluding steroid dienone is 1. The van der Waals surface area contributed by atoms with Crippen LogP contribution in [0.2, 0.25) is 0 Å². The monoisotopic (exact) mass is 360 g/mol. The molecule has 0 saturated carbocycles. The zero-order chi connectivity index (χ0) is 17.9. The summed E-state index contributed by atoms with van der Waals surface area (Å²) in [6.45, 7) is 5.17. The van der Waals surface area contributed by atoms with Crippen molar-refractivity contribution < 1.29 is 4.74 Å². The Morgan fingerprint density at radius 3 is 2.15 bits per heavy atom. The van der Waals surface area contributed by atoms with Gasteiger partial charge in [0.2, 0.25) is 6.23 Å². The zero-order valence-electron chi connectivity index (χ0n) is 15.1. The molecule has 1 atom stereocenters. The number of hydrogen-bond acceptors (Lipinski definition) is 2. The first-order valence-electron chi connectivity index (χ1n) is 9.08. The molecule has 1 aliphatic heterocycles. The Kier molecular flexibility index (Phi) is 5.20. The van der Waals surface area contributed by atoms with E-state index in [0.29, 0.717) is 12.0 Å². The van der Waals surface area contributed by atoms with Crippen molar-refractivity contribution in [3.8, 4) is 0 Å². The van der Waals surface area contributed by atoms with Crippen molar-refractivity contribution in [3.63, 3.8) is 0 Å². The molecule has 1 heterocycles. The topological polar surface area (TPSA) is 21.3 Å². The van der Waals surface area contributed by atoms with Crippen LogP contribution in [-0.4, -0.2) is 12.6 Å². The summed E-state index contributed by atoms with van der Waals surface area (Å²) in [4.78, 5) is 0. The van der Waals surface area contributed by atoms with Gasteiger partial charge in [-0.15, -0.1) is 5.73 Å². The molecule has 2 aliphatic rings. The highest BCUT2D eigenvalue weighted by molar-refractivity contribution is 7.77. The molecule has 26 heavy (non-hydrogen) atoms. The van der Waals surface area contributed by atoms with Crippen LogP contribution in [0.4, 0.5) is 0 Å². The summed E-state index contributed by atoms with van der Waals surface area (Å²) in [5, 5.41) is 7.54. The SMILES string of the molecule is CC(C)[C@@H]1CO[C](C2=C=CC=C2P(c2ccccc2)c2ccccc2)N1. The minimum Gasteiger partial charge on any atom is -0.349 e. The van der Waals surface area contributed by atoms with Gasteiger partial charge in [0.25, 0.3) is 0 Å². The molecule has 0 spiro atoms. The maximum absolute atomic E-state index is 6.02. The molecule has 0 aromatic heterocycles. The van der Waals surface area contributed by atoms with E-state index in [1.54, 1.807) is 0 Å². The lowest BCUT2D eigenvalue weighted by Gasteiger charge is -2.24. The number of hydrogen-bond donors (Lipinski definition) is 1. The molecule has 4 rings (SSSR count). The Labute approximate surface area is 157 Å².